The highest BCUT2D eigenvalue weighted by Crippen LogP contribution is 2.18. The van der Waals surface area contributed by atoms with Crippen LogP contribution in [0.5, 0.6) is 5.75 Å². The Morgan fingerprint density at radius 2 is 1.85 bits per heavy atom. The molecule has 26 heavy (non-hydrogen) atoms. The maximum atomic E-state index is 12.3. The summed E-state index contributed by atoms with van der Waals surface area (Å²) in [5.74, 6) is -0.294. The van der Waals surface area contributed by atoms with Crippen molar-refractivity contribution in [1.29, 1.82) is 0 Å². The third-order valence-electron chi connectivity index (χ3n) is 3.71. The summed E-state index contributed by atoms with van der Waals surface area (Å²) in [6.07, 6.45) is 0. The standard InChI is InChI=1S/C18H16F2N4O2/c1-12-16(17(25)21-11-13-5-3-2-4-6-13)22-23-24(12)14-7-9-15(10-8-14)26-18(19)20/h2-10,18H,11H2,1H3,(H,21,25). The molecule has 3 aromatic rings. The van der Waals surface area contributed by atoms with E-state index in [1.165, 1.54) is 16.8 Å². The fourth-order valence-corrected chi connectivity index (χ4v) is 2.41. The molecule has 0 aliphatic heterocycles. The Morgan fingerprint density at radius 3 is 2.50 bits per heavy atom. The number of halogens is 2. The second-order valence-electron chi connectivity index (χ2n) is 5.48. The van der Waals surface area contributed by atoms with Crippen LogP contribution < -0.4 is 10.1 Å². The predicted octanol–water partition coefficient (Wildman–Crippen LogP) is 3.11. The van der Waals surface area contributed by atoms with Gasteiger partial charge in [0.15, 0.2) is 5.69 Å². The fourth-order valence-electron chi connectivity index (χ4n) is 2.41. The van der Waals surface area contributed by atoms with E-state index in [4.69, 9.17) is 0 Å². The summed E-state index contributed by atoms with van der Waals surface area (Å²) in [6, 6.07) is 15.4. The maximum Gasteiger partial charge on any atom is 0.387 e. The van der Waals surface area contributed by atoms with Crippen molar-refractivity contribution in [1.82, 2.24) is 20.3 Å². The van der Waals surface area contributed by atoms with Crippen LogP contribution in [0.25, 0.3) is 5.69 Å². The first-order valence-electron chi connectivity index (χ1n) is 7.84. The third kappa shape index (κ3) is 4.02. The minimum Gasteiger partial charge on any atom is -0.435 e. The van der Waals surface area contributed by atoms with Crippen molar-refractivity contribution < 1.29 is 18.3 Å². The maximum absolute atomic E-state index is 12.3. The number of hydrogen-bond acceptors (Lipinski definition) is 4. The molecular formula is C18H16F2N4O2. The number of amides is 1. The van der Waals surface area contributed by atoms with Crippen LogP contribution in [0.15, 0.2) is 54.6 Å². The molecule has 2 aromatic carbocycles. The van der Waals surface area contributed by atoms with Gasteiger partial charge < -0.3 is 10.1 Å². The van der Waals surface area contributed by atoms with Crippen molar-refractivity contribution in [2.24, 2.45) is 0 Å². The van der Waals surface area contributed by atoms with Crippen molar-refractivity contribution in [3.05, 3.63) is 71.5 Å². The first-order valence-corrected chi connectivity index (χ1v) is 7.84. The lowest BCUT2D eigenvalue weighted by Gasteiger charge is -2.07. The molecule has 8 heteroatoms. The number of hydrogen-bond donors (Lipinski definition) is 1. The number of nitrogens with zero attached hydrogens (tertiary/aromatic N) is 3. The zero-order chi connectivity index (χ0) is 18.5. The van der Waals surface area contributed by atoms with Crippen LogP contribution >= 0.6 is 0 Å². The Labute approximate surface area is 148 Å². The van der Waals surface area contributed by atoms with E-state index in [9.17, 15) is 13.6 Å². The lowest BCUT2D eigenvalue weighted by Crippen LogP contribution is -2.24. The monoisotopic (exact) mass is 358 g/mol. The van der Waals surface area contributed by atoms with Gasteiger partial charge in [0.2, 0.25) is 0 Å². The van der Waals surface area contributed by atoms with E-state index < -0.39 is 6.61 Å². The number of alkyl halides is 2. The van der Waals surface area contributed by atoms with E-state index in [1.54, 1.807) is 19.1 Å². The molecule has 1 aromatic heterocycles. The molecule has 0 saturated carbocycles. The predicted molar refractivity (Wildman–Crippen MR) is 90.3 cm³/mol. The molecule has 0 atom stereocenters. The number of aromatic nitrogens is 3. The van der Waals surface area contributed by atoms with Gasteiger partial charge in [-0.1, -0.05) is 35.5 Å². The van der Waals surface area contributed by atoms with Gasteiger partial charge in [0.1, 0.15) is 5.75 Å². The van der Waals surface area contributed by atoms with Crippen LogP contribution in [0.4, 0.5) is 8.78 Å². The second-order valence-corrected chi connectivity index (χ2v) is 5.48. The second kappa shape index (κ2) is 7.73. The summed E-state index contributed by atoms with van der Waals surface area (Å²) < 4.78 is 30.2. The molecule has 0 bridgehead atoms. The first kappa shape index (κ1) is 17.5. The van der Waals surface area contributed by atoms with Crippen LogP contribution in [0.2, 0.25) is 0 Å². The largest absolute Gasteiger partial charge is 0.435 e. The number of carbonyl (C=O) groups excluding carboxylic acids is 1. The highest BCUT2D eigenvalue weighted by atomic mass is 19.3. The van der Waals surface area contributed by atoms with E-state index in [1.807, 2.05) is 30.3 Å². The number of carbonyl (C=O) groups is 1. The quantitative estimate of drug-likeness (QED) is 0.735. The average Bonchev–Trinajstić information content (AvgIpc) is 3.02. The van der Waals surface area contributed by atoms with Gasteiger partial charge in [-0.05, 0) is 36.8 Å². The summed E-state index contributed by atoms with van der Waals surface area (Å²) >= 11 is 0. The van der Waals surface area contributed by atoms with Crippen LogP contribution in [0.1, 0.15) is 21.7 Å². The molecule has 6 nitrogen and oxygen atoms in total. The van der Waals surface area contributed by atoms with Gasteiger partial charge in [-0.25, -0.2) is 4.68 Å². The van der Waals surface area contributed by atoms with E-state index in [-0.39, 0.29) is 17.4 Å². The van der Waals surface area contributed by atoms with Crippen LogP contribution in [-0.2, 0) is 6.54 Å². The van der Waals surface area contributed by atoms with Gasteiger partial charge >= 0.3 is 6.61 Å². The summed E-state index contributed by atoms with van der Waals surface area (Å²) in [7, 11) is 0. The molecule has 1 heterocycles. The summed E-state index contributed by atoms with van der Waals surface area (Å²) in [6.45, 7) is -0.791. The molecule has 0 spiro atoms. The highest BCUT2D eigenvalue weighted by Gasteiger charge is 2.17. The highest BCUT2D eigenvalue weighted by molar-refractivity contribution is 5.93. The van der Waals surface area contributed by atoms with Gasteiger partial charge in [-0.2, -0.15) is 8.78 Å². The molecular weight excluding hydrogens is 342 g/mol. The first-order chi connectivity index (χ1) is 12.5. The Hall–Kier alpha value is -3.29. The van der Waals surface area contributed by atoms with E-state index >= 15 is 0 Å². The van der Waals surface area contributed by atoms with Crippen LogP contribution in [0, 0.1) is 6.92 Å². The number of ether oxygens (including phenoxy) is 1. The number of rotatable bonds is 6. The Morgan fingerprint density at radius 1 is 1.15 bits per heavy atom. The molecule has 0 unspecified atom stereocenters. The molecule has 0 saturated heterocycles. The summed E-state index contributed by atoms with van der Waals surface area (Å²) in [4.78, 5) is 12.3. The van der Waals surface area contributed by atoms with E-state index in [0.29, 0.717) is 17.9 Å². The Balaban J connectivity index is 1.72. The van der Waals surface area contributed by atoms with Crippen molar-refractivity contribution >= 4 is 5.91 Å². The molecule has 0 fully saturated rings. The van der Waals surface area contributed by atoms with Gasteiger partial charge in [0.05, 0.1) is 11.4 Å². The average molecular weight is 358 g/mol. The van der Waals surface area contributed by atoms with Crippen molar-refractivity contribution in [2.75, 3.05) is 0 Å². The molecule has 3 rings (SSSR count). The molecule has 1 N–H and O–H groups in total. The lowest BCUT2D eigenvalue weighted by atomic mass is 10.2. The zero-order valence-electron chi connectivity index (χ0n) is 13.9. The van der Waals surface area contributed by atoms with Gasteiger partial charge in [-0.15, -0.1) is 5.10 Å². The van der Waals surface area contributed by atoms with Gasteiger partial charge in [-0.3, -0.25) is 4.79 Å². The number of benzene rings is 2. The number of nitrogens with one attached hydrogen (secondary N) is 1. The normalized spacial score (nSPS) is 10.8. The van der Waals surface area contributed by atoms with E-state index in [0.717, 1.165) is 5.56 Å². The molecule has 0 aliphatic carbocycles. The molecule has 0 radical (unpaired) electrons. The van der Waals surface area contributed by atoms with Crippen molar-refractivity contribution in [3.63, 3.8) is 0 Å². The van der Waals surface area contributed by atoms with Crippen LogP contribution in [-0.4, -0.2) is 27.5 Å². The van der Waals surface area contributed by atoms with E-state index in [2.05, 4.69) is 20.4 Å². The topological polar surface area (TPSA) is 69.0 Å². The smallest absolute Gasteiger partial charge is 0.387 e. The minimum atomic E-state index is -2.88. The minimum absolute atomic E-state index is 0.0438. The third-order valence-corrected chi connectivity index (χ3v) is 3.71. The SMILES string of the molecule is Cc1c(C(=O)NCc2ccccc2)nnn1-c1ccc(OC(F)F)cc1. The Kier molecular flexibility index (Phi) is 5.21. The van der Waals surface area contributed by atoms with Crippen molar-refractivity contribution in [2.45, 2.75) is 20.1 Å². The van der Waals surface area contributed by atoms with Gasteiger partial charge in [0, 0.05) is 6.54 Å². The molecule has 1 amide bonds. The van der Waals surface area contributed by atoms with Crippen molar-refractivity contribution in [3.8, 4) is 11.4 Å². The molecule has 134 valence electrons. The Bertz CT molecular complexity index is 880. The zero-order valence-corrected chi connectivity index (χ0v) is 13.9. The lowest BCUT2D eigenvalue weighted by molar-refractivity contribution is -0.0498. The summed E-state index contributed by atoms with van der Waals surface area (Å²) in [5.41, 5.74) is 2.30. The molecule has 0 aliphatic rings. The van der Waals surface area contributed by atoms with Gasteiger partial charge in [0.25, 0.3) is 5.91 Å². The fraction of sp³-hybridized carbons (Fsp3) is 0.167. The van der Waals surface area contributed by atoms with Crippen LogP contribution in [0.3, 0.4) is 0 Å². The summed E-state index contributed by atoms with van der Waals surface area (Å²) in [5, 5.41) is 10.7.